The fourth-order valence-electron chi connectivity index (χ4n) is 4.29. The Kier molecular flexibility index (Phi) is 6.06. The number of carbonyl (C=O) groups is 1. The highest BCUT2D eigenvalue weighted by Gasteiger charge is 2.36. The van der Waals surface area contributed by atoms with Gasteiger partial charge >= 0.3 is 0 Å². The van der Waals surface area contributed by atoms with Gasteiger partial charge in [-0.25, -0.2) is 9.82 Å². The smallest absolute Gasteiger partial charge is 0.271 e. The number of halogens is 1. The molecule has 1 N–H and O–H groups in total. The van der Waals surface area contributed by atoms with Gasteiger partial charge in [-0.15, -0.1) is 0 Å². The van der Waals surface area contributed by atoms with Crippen molar-refractivity contribution in [2.24, 2.45) is 5.10 Å². The van der Waals surface area contributed by atoms with Crippen LogP contribution in [0.25, 0.3) is 0 Å². The minimum absolute atomic E-state index is 0.128. The van der Waals surface area contributed by atoms with Crippen molar-refractivity contribution in [2.75, 3.05) is 11.4 Å². The average Bonchev–Trinajstić information content (AvgIpc) is 2.65. The van der Waals surface area contributed by atoms with E-state index >= 15 is 0 Å². The Bertz CT molecular complexity index is 936. The second-order valence-electron chi connectivity index (χ2n) is 8.55. The first kappa shape index (κ1) is 21.0. The highest BCUT2D eigenvalue weighted by Crippen LogP contribution is 2.44. The highest BCUT2D eigenvalue weighted by atomic mass is 19.1. The number of hydrogen-bond acceptors (Lipinski definition) is 3. The van der Waals surface area contributed by atoms with E-state index in [9.17, 15) is 9.18 Å². The Morgan fingerprint density at radius 1 is 1.34 bits per heavy atom. The Hall–Kier alpha value is -2.69. The molecule has 1 heterocycles. The first-order valence-electron chi connectivity index (χ1n) is 10.2. The van der Waals surface area contributed by atoms with Gasteiger partial charge in [0.2, 0.25) is 0 Å². The molecule has 0 bridgehead atoms. The van der Waals surface area contributed by atoms with E-state index in [1.807, 2.05) is 0 Å². The van der Waals surface area contributed by atoms with Crippen molar-refractivity contribution in [3.8, 4) is 0 Å². The molecule has 2 aromatic rings. The molecule has 0 saturated carbocycles. The van der Waals surface area contributed by atoms with Crippen LogP contribution in [0.5, 0.6) is 0 Å². The molecule has 1 aliphatic rings. The summed E-state index contributed by atoms with van der Waals surface area (Å²) in [5.41, 5.74) is 7.57. The van der Waals surface area contributed by atoms with Crippen LogP contribution in [0.3, 0.4) is 0 Å². The normalized spacial score (nSPS) is 18.0. The molecule has 0 aliphatic carbocycles. The number of rotatable bonds is 5. The van der Waals surface area contributed by atoms with Crippen molar-refractivity contribution in [3.63, 3.8) is 0 Å². The van der Waals surface area contributed by atoms with Gasteiger partial charge in [0.15, 0.2) is 0 Å². The maximum absolute atomic E-state index is 13.3. The topological polar surface area (TPSA) is 44.7 Å². The third-order valence-electron chi connectivity index (χ3n) is 5.68. The van der Waals surface area contributed by atoms with Crippen LogP contribution in [0, 0.1) is 12.7 Å². The summed E-state index contributed by atoms with van der Waals surface area (Å²) in [4.78, 5) is 14.7. The van der Waals surface area contributed by atoms with Crippen molar-refractivity contribution in [1.29, 1.82) is 0 Å². The molecule has 0 aromatic heterocycles. The first-order chi connectivity index (χ1) is 13.7. The van der Waals surface area contributed by atoms with Gasteiger partial charge in [-0.1, -0.05) is 19.9 Å². The molecule has 5 heteroatoms. The van der Waals surface area contributed by atoms with Crippen LogP contribution >= 0.6 is 0 Å². The van der Waals surface area contributed by atoms with Crippen LogP contribution in [-0.2, 0) is 0 Å². The van der Waals surface area contributed by atoms with Gasteiger partial charge in [0, 0.05) is 23.3 Å². The summed E-state index contributed by atoms with van der Waals surface area (Å²) < 4.78 is 13.3. The van der Waals surface area contributed by atoms with Crippen molar-refractivity contribution < 1.29 is 9.18 Å². The van der Waals surface area contributed by atoms with E-state index in [-0.39, 0.29) is 11.1 Å². The van der Waals surface area contributed by atoms with E-state index < -0.39 is 11.7 Å². The molecule has 29 heavy (non-hydrogen) atoms. The van der Waals surface area contributed by atoms with Crippen LogP contribution in [-0.4, -0.2) is 24.2 Å². The average molecular weight is 396 g/mol. The highest BCUT2D eigenvalue weighted by molar-refractivity contribution is 5.95. The molecular formula is C24H30FN3O. The molecule has 1 amide bonds. The summed E-state index contributed by atoms with van der Waals surface area (Å²) in [5.74, 6) is -0.427. The number of hydrogen-bond donors (Lipinski definition) is 1. The number of fused-ring (bicyclic) bond motifs is 1. The number of aryl methyl sites for hydroxylation is 1. The maximum Gasteiger partial charge on any atom is 0.271 e. The Labute approximate surface area is 172 Å². The fourth-order valence-corrected chi connectivity index (χ4v) is 4.29. The monoisotopic (exact) mass is 395 g/mol. The quantitative estimate of drug-likeness (QED) is 0.544. The van der Waals surface area contributed by atoms with Crippen molar-refractivity contribution in [2.45, 2.75) is 58.9 Å². The van der Waals surface area contributed by atoms with Crippen LogP contribution < -0.4 is 10.3 Å². The van der Waals surface area contributed by atoms with Crippen LogP contribution in [0.2, 0.25) is 0 Å². The number of anilines is 1. The van der Waals surface area contributed by atoms with E-state index in [2.05, 4.69) is 62.2 Å². The molecule has 1 atom stereocenters. The maximum atomic E-state index is 13.3. The van der Waals surface area contributed by atoms with E-state index in [0.29, 0.717) is 5.92 Å². The lowest BCUT2D eigenvalue weighted by Gasteiger charge is -2.48. The van der Waals surface area contributed by atoms with Crippen molar-refractivity contribution in [3.05, 3.63) is 64.5 Å². The Balaban J connectivity index is 1.84. The number of nitrogens with one attached hydrogen (secondary N) is 1. The standard InChI is InChI=1S/C24H30FN3O/c1-6-10-28-22-11-16(2)19(13-21(22)17(3)14-24(28,4)5)15-26-27-23(29)18-8-7-9-20(25)12-18/h7-9,11-13,15,17H,6,10,14H2,1-5H3,(H,27,29)/b26-15-. The lowest BCUT2D eigenvalue weighted by molar-refractivity contribution is 0.0954. The lowest BCUT2D eigenvalue weighted by Crippen LogP contribution is -2.48. The van der Waals surface area contributed by atoms with Gasteiger partial charge in [-0.05, 0) is 86.6 Å². The SMILES string of the molecule is CCCN1c2cc(C)c(/C=N\NC(=O)c3cccc(F)c3)cc2C(C)CC1(C)C. The van der Waals surface area contributed by atoms with E-state index in [0.717, 1.165) is 30.5 Å². The zero-order valence-electron chi connectivity index (χ0n) is 17.9. The molecular weight excluding hydrogens is 365 g/mol. The molecule has 2 aromatic carbocycles. The van der Waals surface area contributed by atoms with Gasteiger partial charge in [-0.3, -0.25) is 4.79 Å². The number of amides is 1. The van der Waals surface area contributed by atoms with Gasteiger partial charge in [0.25, 0.3) is 5.91 Å². The molecule has 3 rings (SSSR count). The number of nitrogens with zero attached hydrogens (tertiary/aromatic N) is 2. The minimum atomic E-state index is -0.444. The summed E-state index contributed by atoms with van der Waals surface area (Å²) in [5, 5.41) is 4.11. The molecule has 0 spiro atoms. The van der Waals surface area contributed by atoms with Gasteiger partial charge in [-0.2, -0.15) is 5.10 Å². The third kappa shape index (κ3) is 4.50. The van der Waals surface area contributed by atoms with Gasteiger partial charge in [0.05, 0.1) is 6.21 Å². The van der Waals surface area contributed by atoms with Crippen LogP contribution in [0.15, 0.2) is 41.5 Å². The molecule has 4 nitrogen and oxygen atoms in total. The number of hydrazone groups is 1. The lowest BCUT2D eigenvalue weighted by atomic mass is 9.79. The molecule has 0 radical (unpaired) electrons. The predicted octanol–water partition coefficient (Wildman–Crippen LogP) is 5.40. The first-order valence-corrected chi connectivity index (χ1v) is 10.2. The summed E-state index contributed by atoms with van der Waals surface area (Å²) in [6.07, 6.45) is 3.87. The largest absolute Gasteiger partial charge is 0.366 e. The van der Waals surface area contributed by atoms with Crippen molar-refractivity contribution in [1.82, 2.24) is 5.43 Å². The summed E-state index contributed by atoms with van der Waals surface area (Å²) in [6, 6.07) is 9.99. The molecule has 0 fully saturated rings. The van der Waals surface area contributed by atoms with E-state index in [4.69, 9.17) is 0 Å². The predicted molar refractivity (Wildman–Crippen MR) is 117 cm³/mol. The molecule has 1 unspecified atom stereocenters. The Morgan fingerprint density at radius 2 is 2.10 bits per heavy atom. The van der Waals surface area contributed by atoms with E-state index in [1.54, 1.807) is 12.3 Å². The summed E-state index contributed by atoms with van der Waals surface area (Å²) >= 11 is 0. The molecule has 0 saturated heterocycles. The Morgan fingerprint density at radius 3 is 2.79 bits per heavy atom. The van der Waals surface area contributed by atoms with E-state index in [1.165, 1.54) is 29.4 Å². The second-order valence-corrected chi connectivity index (χ2v) is 8.55. The van der Waals surface area contributed by atoms with Crippen LogP contribution in [0.1, 0.15) is 73.5 Å². The molecule has 1 aliphatic heterocycles. The number of benzene rings is 2. The van der Waals surface area contributed by atoms with Crippen LogP contribution in [0.4, 0.5) is 10.1 Å². The molecule has 154 valence electrons. The van der Waals surface area contributed by atoms with Crippen molar-refractivity contribution >= 4 is 17.8 Å². The zero-order chi connectivity index (χ0) is 21.2. The summed E-state index contributed by atoms with van der Waals surface area (Å²) in [7, 11) is 0. The fraction of sp³-hybridized carbons (Fsp3) is 0.417. The minimum Gasteiger partial charge on any atom is -0.366 e. The number of carbonyl (C=O) groups excluding carboxylic acids is 1. The third-order valence-corrected chi connectivity index (χ3v) is 5.68. The zero-order valence-corrected chi connectivity index (χ0v) is 17.9. The second kappa shape index (κ2) is 8.36. The van der Waals surface area contributed by atoms with Gasteiger partial charge in [0.1, 0.15) is 5.82 Å². The summed E-state index contributed by atoms with van der Waals surface area (Å²) in [6.45, 7) is 12.2. The van der Waals surface area contributed by atoms with Gasteiger partial charge < -0.3 is 4.90 Å².